The third kappa shape index (κ3) is 3.35. The molecule has 126 valence electrons. The van der Waals surface area contributed by atoms with Crippen molar-refractivity contribution in [1.82, 2.24) is 0 Å². The van der Waals surface area contributed by atoms with Crippen molar-refractivity contribution in [1.29, 1.82) is 0 Å². The van der Waals surface area contributed by atoms with Gasteiger partial charge in [0.2, 0.25) is 17.7 Å². The third-order valence-electron chi connectivity index (χ3n) is 3.93. The Balaban J connectivity index is 1.82. The highest BCUT2D eigenvalue weighted by Gasteiger charge is 2.38. The van der Waals surface area contributed by atoms with E-state index in [0.29, 0.717) is 17.7 Å². The van der Waals surface area contributed by atoms with E-state index >= 15 is 0 Å². The molecule has 0 saturated heterocycles. The Labute approximate surface area is 144 Å². The van der Waals surface area contributed by atoms with Crippen LogP contribution in [0, 0.1) is 5.82 Å². The average molecular weight is 337 g/mol. The van der Waals surface area contributed by atoms with Gasteiger partial charge in [0, 0.05) is 0 Å². The summed E-state index contributed by atoms with van der Waals surface area (Å²) in [7, 11) is 0. The summed E-state index contributed by atoms with van der Waals surface area (Å²) < 4.78 is 18.4. The number of fused-ring (bicyclic) bond motifs is 1. The molecular formula is C20H16FNO3. The normalized spacial score (nSPS) is 16.3. The van der Waals surface area contributed by atoms with E-state index < -0.39 is 17.7 Å². The van der Waals surface area contributed by atoms with Crippen LogP contribution in [0.1, 0.15) is 21.5 Å². The highest BCUT2D eigenvalue weighted by Crippen LogP contribution is 2.31. The summed E-state index contributed by atoms with van der Waals surface area (Å²) in [6.07, 6.45) is 1.99. The number of ether oxygens (including phenoxy) is 1. The van der Waals surface area contributed by atoms with Crippen LogP contribution >= 0.6 is 0 Å². The van der Waals surface area contributed by atoms with Crippen LogP contribution < -0.4 is 10.5 Å². The predicted molar refractivity (Wildman–Crippen MR) is 91.9 cm³/mol. The molecule has 1 aliphatic rings. The number of ketones is 2. The highest BCUT2D eigenvalue weighted by atomic mass is 19.1. The molecule has 1 aliphatic heterocycles. The number of benzene rings is 2. The fraction of sp³-hybridized carbons (Fsp3) is 0.100. The van der Waals surface area contributed by atoms with Gasteiger partial charge in [-0.3, -0.25) is 9.59 Å². The second kappa shape index (κ2) is 6.73. The van der Waals surface area contributed by atoms with Gasteiger partial charge >= 0.3 is 0 Å². The molecule has 0 saturated carbocycles. The first-order chi connectivity index (χ1) is 12.0. The van der Waals surface area contributed by atoms with Crippen molar-refractivity contribution >= 4 is 11.6 Å². The SMILES string of the molecule is C=C/C=C(\N)C(=O)C1Oc2ccc(Cc3ccc(F)cc3)cc2C1=O. The van der Waals surface area contributed by atoms with Gasteiger partial charge < -0.3 is 10.5 Å². The minimum absolute atomic E-state index is 0.0762. The topological polar surface area (TPSA) is 69.4 Å². The molecule has 5 heteroatoms. The van der Waals surface area contributed by atoms with Crippen LogP contribution in [0.2, 0.25) is 0 Å². The highest BCUT2D eigenvalue weighted by molar-refractivity contribution is 6.21. The van der Waals surface area contributed by atoms with E-state index in [4.69, 9.17) is 10.5 Å². The van der Waals surface area contributed by atoms with Gasteiger partial charge in [-0.05, 0) is 47.9 Å². The fourth-order valence-electron chi connectivity index (χ4n) is 2.68. The Kier molecular flexibility index (Phi) is 4.48. The van der Waals surface area contributed by atoms with Gasteiger partial charge in [0.05, 0.1) is 11.3 Å². The Morgan fingerprint density at radius 2 is 1.88 bits per heavy atom. The van der Waals surface area contributed by atoms with Gasteiger partial charge in [0.15, 0.2) is 0 Å². The van der Waals surface area contributed by atoms with E-state index in [1.165, 1.54) is 24.3 Å². The van der Waals surface area contributed by atoms with Crippen LogP contribution in [0.15, 0.2) is 66.9 Å². The van der Waals surface area contributed by atoms with Gasteiger partial charge in [-0.25, -0.2) is 4.39 Å². The monoisotopic (exact) mass is 337 g/mol. The molecule has 3 rings (SSSR count). The predicted octanol–water partition coefficient (Wildman–Crippen LogP) is 2.96. The van der Waals surface area contributed by atoms with E-state index in [-0.39, 0.29) is 11.5 Å². The molecule has 0 aromatic heterocycles. The van der Waals surface area contributed by atoms with Crippen LogP contribution in [0.5, 0.6) is 5.75 Å². The van der Waals surface area contributed by atoms with Crippen LogP contribution in [-0.4, -0.2) is 17.7 Å². The molecule has 4 nitrogen and oxygen atoms in total. The lowest BCUT2D eigenvalue weighted by Gasteiger charge is -2.07. The number of carbonyl (C=O) groups excluding carboxylic acids is 2. The number of carbonyl (C=O) groups is 2. The molecule has 0 bridgehead atoms. The summed E-state index contributed by atoms with van der Waals surface area (Å²) in [6, 6.07) is 11.3. The number of hydrogen-bond donors (Lipinski definition) is 1. The van der Waals surface area contributed by atoms with Crippen molar-refractivity contribution in [2.45, 2.75) is 12.5 Å². The summed E-state index contributed by atoms with van der Waals surface area (Å²) in [6.45, 7) is 3.47. The number of Topliss-reactive ketones (excluding diaryl/α,β-unsaturated/α-hetero) is 2. The molecule has 1 heterocycles. The van der Waals surface area contributed by atoms with Crippen LogP contribution in [0.3, 0.4) is 0 Å². The Morgan fingerprint density at radius 3 is 2.56 bits per heavy atom. The molecule has 25 heavy (non-hydrogen) atoms. The fourth-order valence-corrected chi connectivity index (χ4v) is 2.68. The van der Waals surface area contributed by atoms with Gasteiger partial charge in [0.25, 0.3) is 0 Å². The Hall–Kier alpha value is -3.21. The van der Waals surface area contributed by atoms with Crippen LogP contribution in [-0.2, 0) is 11.2 Å². The van der Waals surface area contributed by atoms with Crippen molar-refractivity contribution in [2.75, 3.05) is 0 Å². The number of allylic oxidation sites excluding steroid dienone is 2. The van der Waals surface area contributed by atoms with Crippen LogP contribution in [0.25, 0.3) is 0 Å². The van der Waals surface area contributed by atoms with Crippen molar-refractivity contribution < 1.29 is 18.7 Å². The zero-order chi connectivity index (χ0) is 18.0. The zero-order valence-electron chi connectivity index (χ0n) is 13.4. The molecule has 0 amide bonds. The van der Waals surface area contributed by atoms with Crippen LogP contribution in [0.4, 0.5) is 4.39 Å². The maximum atomic E-state index is 13.0. The molecule has 0 spiro atoms. The average Bonchev–Trinajstić information content (AvgIpc) is 2.93. The molecule has 2 aromatic carbocycles. The quantitative estimate of drug-likeness (QED) is 0.517. The first kappa shape index (κ1) is 16.6. The van der Waals surface area contributed by atoms with Crippen molar-refractivity contribution in [2.24, 2.45) is 5.73 Å². The maximum absolute atomic E-state index is 13.0. The molecule has 0 aliphatic carbocycles. The summed E-state index contributed by atoms with van der Waals surface area (Å²) >= 11 is 0. The van der Waals surface area contributed by atoms with E-state index in [0.717, 1.165) is 11.1 Å². The summed E-state index contributed by atoms with van der Waals surface area (Å²) in [4.78, 5) is 24.7. The number of nitrogens with two attached hydrogens (primary N) is 1. The number of hydrogen-bond acceptors (Lipinski definition) is 4. The van der Waals surface area contributed by atoms with Crippen molar-refractivity contribution in [3.8, 4) is 5.75 Å². The van der Waals surface area contributed by atoms with E-state index in [1.54, 1.807) is 24.3 Å². The first-order valence-electron chi connectivity index (χ1n) is 7.70. The first-order valence-corrected chi connectivity index (χ1v) is 7.70. The lowest BCUT2D eigenvalue weighted by Crippen LogP contribution is -2.34. The minimum atomic E-state index is -1.26. The van der Waals surface area contributed by atoms with Crippen molar-refractivity contribution in [3.63, 3.8) is 0 Å². The third-order valence-corrected chi connectivity index (χ3v) is 3.93. The molecule has 0 fully saturated rings. The summed E-state index contributed by atoms with van der Waals surface area (Å²) in [5, 5.41) is 0. The second-order valence-electron chi connectivity index (χ2n) is 5.72. The van der Waals surface area contributed by atoms with E-state index in [2.05, 4.69) is 6.58 Å². The lowest BCUT2D eigenvalue weighted by atomic mass is 9.99. The van der Waals surface area contributed by atoms with Crippen molar-refractivity contribution in [3.05, 3.63) is 89.4 Å². The zero-order valence-corrected chi connectivity index (χ0v) is 13.4. The second-order valence-corrected chi connectivity index (χ2v) is 5.72. The molecule has 2 aromatic rings. The van der Waals surface area contributed by atoms with Gasteiger partial charge in [-0.15, -0.1) is 0 Å². The van der Waals surface area contributed by atoms with E-state index in [9.17, 15) is 14.0 Å². The molecule has 2 N–H and O–H groups in total. The molecule has 1 unspecified atom stereocenters. The molecule has 1 atom stereocenters. The van der Waals surface area contributed by atoms with Gasteiger partial charge in [-0.1, -0.05) is 30.9 Å². The number of halogens is 1. The smallest absolute Gasteiger partial charge is 0.226 e. The Bertz CT molecular complexity index is 884. The van der Waals surface area contributed by atoms with E-state index in [1.807, 2.05) is 6.07 Å². The van der Waals surface area contributed by atoms with Gasteiger partial charge in [-0.2, -0.15) is 0 Å². The standard InChI is InChI=1S/C20H16FNO3/c1-2-3-16(22)19(24)20-18(23)15-11-13(6-9-17(15)25-20)10-12-4-7-14(21)8-5-12/h2-9,11,20H,1,10,22H2/b16-3-. The largest absolute Gasteiger partial charge is 0.473 e. The van der Waals surface area contributed by atoms with Gasteiger partial charge in [0.1, 0.15) is 11.6 Å². The minimum Gasteiger partial charge on any atom is -0.473 e. The Morgan fingerprint density at radius 1 is 1.20 bits per heavy atom. The summed E-state index contributed by atoms with van der Waals surface area (Å²) in [5.74, 6) is -0.937. The summed E-state index contributed by atoms with van der Waals surface area (Å²) in [5.41, 5.74) is 7.68. The molecular weight excluding hydrogens is 321 g/mol. The lowest BCUT2D eigenvalue weighted by molar-refractivity contribution is -0.119. The number of rotatable bonds is 5. The molecule has 0 radical (unpaired) electrons. The maximum Gasteiger partial charge on any atom is 0.226 e.